The number of ether oxygens (including phenoxy) is 6. The maximum atomic E-state index is 12.6. The van der Waals surface area contributed by atoms with E-state index in [0.29, 0.717) is 12.8 Å². The lowest BCUT2D eigenvalue weighted by Gasteiger charge is -2.62. The van der Waals surface area contributed by atoms with E-state index in [0.717, 1.165) is 44.1 Å². The van der Waals surface area contributed by atoms with E-state index in [-0.39, 0.29) is 34.2 Å². The zero-order valence-electron chi connectivity index (χ0n) is 34.1. The van der Waals surface area contributed by atoms with Crippen LogP contribution in [0.2, 0.25) is 0 Å². The molecule has 1 aromatic rings. The van der Waals surface area contributed by atoms with Crippen molar-refractivity contribution in [3.05, 3.63) is 46.0 Å². The van der Waals surface area contributed by atoms with Crippen LogP contribution in [0.3, 0.4) is 0 Å². The monoisotopic (exact) mass is 854 g/mol. The second kappa shape index (κ2) is 16.9. The molecule has 22 atom stereocenters. The standard InChI is InChI=1S/C42H62O18/c1-18-35(59-39-34(52)31(49)36(26(16-44)58-39)60-38-32(50)29(47)28(46)25(15-43)57-38)30(48)33(51)37(55-18)56-21-8-11-40(2)20(14-21)5-6-24-23(40)9-12-41(3)22(10-13-42(24,41)53)19-4-7-27(45)54-17-19/h4,7,14,17-18,21-26,28-39,43-44,46-53H,5-6,8-13,15-16H2,1-3H3/t18-,21-,22+,23?,24+,25+,26+,28+,29-,30-,31+,32+,33+,34+,35-,36+,37-,38-,39-,40-,41+,42-/m0/s1. The van der Waals surface area contributed by atoms with E-state index in [9.17, 15) is 55.9 Å². The first kappa shape index (κ1) is 44.6. The smallest absolute Gasteiger partial charge is 0.335 e. The maximum absolute atomic E-state index is 12.6. The van der Waals surface area contributed by atoms with E-state index in [1.165, 1.54) is 11.6 Å². The highest BCUT2D eigenvalue weighted by molar-refractivity contribution is 5.31. The van der Waals surface area contributed by atoms with Gasteiger partial charge < -0.3 is 83.9 Å². The van der Waals surface area contributed by atoms with E-state index in [2.05, 4.69) is 19.9 Å². The van der Waals surface area contributed by atoms with Crippen LogP contribution in [0.5, 0.6) is 0 Å². The van der Waals surface area contributed by atoms with Crippen molar-refractivity contribution in [2.45, 2.75) is 182 Å². The lowest BCUT2D eigenvalue weighted by molar-refractivity contribution is -0.378. The first-order valence-corrected chi connectivity index (χ1v) is 21.4. The Labute approximate surface area is 347 Å². The van der Waals surface area contributed by atoms with Gasteiger partial charge in [-0.1, -0.05) is 25.5 Å². The van der Waals surface area contributed by atoms with E-state index >= 15 is 0 Å². The molecule has 3 aliphatic heterocycles. The Hall–Kier alpha value is -1.95. The number of rotatable bonds is 9. The molecule has 18 heteroatoms. The predicted molar refractivity (Wildman–Crippen MR) is 203 cm³/mol. The Morgan fingerprint density at radius 1 is 0.683 bits per heavy atom. The molecule has 0 radical (unpaired) electrons. The van der Waals surface area contributed by atoms with Crippen LogP contribution in [-0.2, 0) is 28.4 Å². The third kappa shape index (κ3) is 7.35. The summed E-state index contributed by atoms with van der Waals surface area (Å²) in [5.41, 5.74) is 0.452. The van der Waals surface area contributed by atoms with E-state index in [4.69, 9.17) is 32.8 Å². The zero-order chi connectivity index (χ0) is 43.1. The van der Waals surface area contributed by atoms with Crippen molar-refractivity contribution in [3.63, 3.8) is 0 Å². The molecule has 18 nitrogen and oxygen atoms in total. The normalized spacial score (nSPS) is 51.9. The molecule has 10 N–H and O–H groups in total. The Morgan fingerprint density at radius 2 is 1.32 bits per heavy atom. The average Bonchev–Trinajstić information content (AvgIpc) is 3.51. The van der Waals surface area contributed by atoms with Crippen LogP contribution < -0.4 is 5.63 Å². The molecule has 4 aliphatic carbocycles. The highest BCUT2D eigenvalue weighted by Gasteiger charge is 2.67. The third-order valence-corrected chi connectivity index (χ3v) is 15.7. The highest BCUT2D eigenvalue weighted by atomic mass is 16.8. The molecule has 1 unspecified atom stereocenters. The van der Waals surface area contributed by atoms with Crippen molar-refractivity contribution in [2.24, 2.45) is 22.7 Å². The summed E-state index contributed by atoms with van der Waals surface area (Å²) in [6, 6.07) is 3.29. The molecule has 3 saturated heterocycles. The minimum Gasteiger partial charge on any atom is -0.431 e. The van der Waals surface area contributed by atoms with Gasteiger partial charge in [0, 0.05) is 11.5 Å². The Balaban J connectivity index is 0.888. The van der Waals surface area contributed by atoms with Gasteiger partial charge in [-0.05, 0) is 93.1 Å². The number of aliphatic hydroxyl groups excluding tert-OH is 9. The fourth-order valence-corrected chi connectivity index (χ4v) is 12.2. The minimum atomic E-state index is -1.85. The van der Waals surface area contributed by atoms with Crippen molar-refractivity contribution in [2.75, 3.05) is 13.2 Å². The average molecular weight is 855 g/mol. The summed E-state index contributed by atoms with van der Waals surface area (Å²) in [5, 5.41) is 108. The molecule has 0 spiro atoms. The molecule has 3 saturated carbocycles. The van der Waals surface area contributed by atoms with Crippen LogP contribution in [0, 0.1) is 22.7 Å². The third-order valence-electron chi connectivity index (χ3n) is 15.7. The van der Waals surface area contributed by atoms with Gasteiger partial charge >= 0.3 is 5.63 Å². The van der Waals surface area contributed by atoms with Crippen LogP contribution in [0.25, 0.3) is 0 Å². The Bertz CT molecular complexity index is 1740. The van der Waals surface area contributed by atoms with E-state index in [1.807, 2.05) is 6.07 Å². The summed E-state index contributed by atoms with van der Waals surface area (Å²) in [5.74, 6) is 0.459. The number of fused-ring (bicyclic) bond motifs is 5. The number of hydrogen-bond donors (Lipinski definition) is 10. The second-order valence-electron chi connectivity index (χ2n) is 18.7. The van der Waals surface area contributed by atoms with Gasteiger partial charge in [-0.25, -0.2) is 4.79 Å². The molecule has 6 fully saturated rings. The van der Waals surface area contributed by atoms with Crippen molar-refractivity contribution in [3.8, 4) is 0 Å². The van der Waals surface area contributed by atoms with Crippen molar-refractivity contribution in [1.29, 1.82) is 0 Å². The van der Waals surface area contributed by atoms with Gasteiger partial charge in [0.05, 0.1) is 37.3 Å². The summed E-state index contributed by atoms with van der Waals surface area (Å²) >= 11 is 0. The molecule has 0 bridgehead atoms. The summed E-state index contributed by atoms with van der Waals surface area (Å²) < 4.78 is 40.2. The van der Waals surface area contributed by atoms with Crippen molar-refractivity contribution >= 4 is 0 Å². The first-order chi connectivity index (χ1) is 28.4. The summed E-state index contributed by atoms with van der Waals surface area (Å²) in [4.78, 5) is 11.7. The van der Waals surface area contributed by atoms with Crippen LogP contribution in [-0.4, -0.2) is 168 Å². The highest BCUT2D eigenvalue weighted by Crippen LogP contribution is 2.70. The van der Waals surface area contributed by atoms with Crippen LogP contribution in [0.4, 0.5) is 0 Å². The predicted octanol–water partition coefficient (Wildman–Crippen LogP) is -1.34. The lowest BCUT2D eigenvalue weighted by atomic mass is 9.45. The topological polar surface area (TPSA) is 288 Å². The molecule has 0 amide bonds. The fourth-order valence-electron chi connectivity index (χ4n) is 12.2. The largest absolute Gasteiger partial charge is 0.431 e. The number of hydrogen-bond acceptors (Lipinski definition) is 18. The van der Waals surface area contributed by atoms with Gasteiger partial charge in [0.2, 0.25) is 0 Å². The summed E-state index contributed by atoms with van der Waals surface area (Å²) in [7, 11) is 0. The van der Waals surface area contributed by atoms with Gasteiger partial charge in [0.15, 0.2) is 18.9 Å². The Kier molecular flexibility index (Phi) is 12.6. The second-order valence-corrected chi connectivity index (χ2v) is 18.7. The molecular weight excluding hydrogens is 792 g/mol. The quantitative estimate of drug-likeness (QED) is 0.129. The van der Waals surface area contributed by atoms with E-state index in [1.54, 1.807) is 13.2 Å². The van der Waals surface area contributed by atoms with E-state index < -0.39 is 117 Å². The Morgan fingerprint density at radius 3 is 1.98 bits per heavy atom. The van der Waals surface area contributed by atoms with Crippen LogP contribution in [0.15, 0.2) is 39.3 Å². The van der Waals surface area contributed by atoms with Gasteiger partial charge in [0.1, 0.15) is 67.1 Å². The molecular formula is C42H62O18. The minimum absolute atomic E-state index is 0.0933. The summed E-state index contributed by atoms with van der Waals surface area (Å²) in [6.07, 6.45) is -13.7. The first-order valence-electron chi connectivity index (χ1n) is 21.4. The molecule has 1 aromatic heterocycles. The van der Waals surface area contributed by atoms with Crippen molar-refractivity contribution < 1.29 is 83.9 Å². The van der Waals surface area contributed by atoms with Gasteiger partial charge in [0.25, 0.3) is 0 Å². The van der Waals surface area contributed by atoms with Gasteiger partial charge in [-0.3, -0.25) is 0 Å². The molecule has 8 rings (SSSR count). The van der Waals surface area contributed by atoms with Gasteiger partial charge in [-0.2, -0.15) is 0 Å². The molecule has 7 aliphatic rings. The molecule has 60 heavy (non-hydrogen) atoms. The molecule has 0 aromatic carbocycles. The lowest BCUT2D eigenvalue weighted by Crippen LogP contribution is -2.66. The SMILES string of the molecule is C[C@@H]1O[C@@H](O[C@@H]2C=C3CC[C@@H]4C(CC[C@]5(C)[C@@H](c6ccc(=O)oc6)CC[C@]45O)[C@@]3(C)CC2)[C@H](O)[C@H](O)[C@H]1O[C@@H]1O[C@H](CO)[C@@H](O[C@@H]2O[C@H](CO)[C@@H](O)[C@H](O)[C@H]2O)[C@H](O)[C@H]1O. The maximum Gasteiger partial charge on any atom is 0.335 e. The number of allylic oxidation sites excluding steroid dienone is 1. The summed E-state index contributed by atoms with van der Waals surface area (Å²) in [6.45, 7) is 4.56. The zero-order valence-corrected chi connectivity index (χ0v) is 34.1. The molecule has 338 valence electrons. The van der Waals surface area contributed by atoms with Crippen LogP contribution >= 0.6 is 0 Å². The van der Waals surface area contributed by atoms with Crippen molar-refractivity contribution in [1.82, 2.24) is 0 Å². The number of aliphatic hydroxyl groups is 10. The molecule has 4 heterocycles. The van der Waals surface area contributed by atoms with Crippen LogP contribution in [0.1, 0.15) is 83.6 Å². The fraction of sp³-hybridized carbons (Fsp3) is 0.833. The van der Waals surface area contributed by atoms with Gasteiger partial charge in [-0.15, -0.1) is 0 Å².